The van der Waals surface area contributed by atoms with Crippen LogP contribution in [0.25, 0.3) is 0 Å². The normalized spacial score (nSPS) is 12.5. The topological polar surface area (TPSA) is 86.8 Å². The Kier molecular flexibility index (Phi) is 9.46. The highest BCUT2D eigenvalue weighted by atomic mass is 35.5. The van der Waals surface area contributed by atoms with Crippen LogP contribution in [0.1, 0.15) is 33.3 Å². The summed E-state index contributed by atoms with van der Waals surface area (Å²) >= 11 is 12.1. The van der Waals surface area contributed by atoms with Crippen LogP contribution >= 0.6 is 23.2 Å². The second-order valence-corrected chi connectivity index (χ2v) is 12.6. The molecule has 2 amide bonds. The summed E-state index contributed by atoms with van der Waals surface area (Å²) < 4.78 is 28.5. The summed E-state index contributed by atoms with van der Waals surface area (Å²) in [4.78, 5) is 28.3. The number of sulfonamides is 1. The van der Waals surface area contributed by atoms with E-state index < -0.39 is 34.1 Å². The highest BCUT2D eigenvalue weighted by molar-refractivity contribution is 7.92. The average molecular weight is 577 g/mol. The minimum absolute atomic E-state index is 0.0391. The smallest absolute Gasteiger partial charge is 0.264 e. The summed E-state index contributed by atoms with van der Waals surface area (Å²) in [6.07, 6.45) is 0. The summed E-state index contributed by atoms with van der Waals surface area (Å²) in [5, 5.41) is 3.59. The lowest BCUT2D eigenvalue weighted by molar-refractivity contribution is -0.140. The second-order valence-electron chi connectivity index (χ2n) is 9.87. The Morgan fingerprint density at radius 3 is 2.11 bits per heavy atom. The van der Waals surface area contributed by atoms with Crippen LogP contribution in [0.2, 0.25) is 10.0 Å². The molecule has 0 bridgehead atoms. The van der Waals surface area contributed by atoms with Crippen molar-refractivity contribution < 1.29 is 18.0 Å². The van der Waals surface area contributed by atoms with Crippen LogP contribution in [-0.4, -0.2) is 43.3 Å². The van der Waals surface area contributed by atoms with Crippen molar-refractivity contribution >= 4 is 50.7 Å². The molecule has 3 aromatic rings. The zero-order chi connectivity index (χ0) is 28.1. The van der Waals surface area contributed by atoms with E-state index in [1.807, 2.05) is 51.1 Å². The molecule has 0 spiro atoms. The average Bonchev–Trinajstić information content (AvgIpc) is 2.85. The van der Waals surface area contributed by atoms with Gasteiger partial charge in [0.1, 0.15) is 12.6 Å². The van der Waals surface area contributed by atoms with E-state index in [-0.39, 0.29) is 23.0 Å². The summed E-state index contributed by atoms with van der Waals surface area (Å²) in [6.45, 7) is 6.73. The molecule has 0 unspecified atom stereocenters. The number of nitrogens with one attached hydrogen (secondary N) is 1. The molecule has 0 aliphatic heterocycles. The van der Waals surface area contributed by atoms with E-state index in [9.17, 15) is 18.0 Å². The molecule has 0 aliphatic carbocycles. The zero-order valence-electron chi connectivity index (χ0n) is 21.7. The molecule has 0 saturated heterocycles. The third kappa shape index (κ3) is 7.72. The molecule has 0 saturated carbocycles. The van der Waals surface area contributed by atoms with Gasteiger partial charge in [0.15, 0.2) is 0 Å². The monoisotopic (exact) mass is 575 g/mol. The van der Waals surface area contributed by atoms with Crippen LogP contribution in [-0.2, 0) is 26.2 Å². The molecule has 1 N–H and O–H groups in total. The van der Waals surface area contributed by atoms with Gasteiger partial charge in [-0.15, -0.1) is 0 Å². The number of carbonyl (C=O) groups excluding carboxylic acids is 2. The molecule has 3 rings (SSSR count). The van der Waals surface area contributed by atoms with Crippen molar-refractivity contribution in [2.75, 3.05) is 10.8 Å². The van der Waals surface area contributed by atoms with Crippen LogP contribution in [0.5, 0.6) is 0 Å². The molecule has 0 aromatic heterocycles. The Morgan fingerprint density at radius 2 is 1.53 bits per heavy atom. The summed E-state index contributed by atoms with van der Waals surface area (Å²) in [6, 6.07) is 20.3. The third-order valence-corrected chi connectivity index (χ3v) is 7.91. The molecule has 0 aliphatic rings. The van der Waals surface area contributed by atoms with E-state index in [1.165, 1.54) is 35.2 Å². The van der Waals surface area contributed by atoms with Crippen LogP contribution in [0.4, 0.5) is 5.69 Å². The van der Waals surface area contributed by atoms with Gasteiger partial charge in [-0.2, -0.15) is 0 Å². The van der Waals surface area contributed by atoms with E-state index in [0.717, 1.165) is 9.87 Å². The molecule has 38 heavy (non-hydrogen) atoms. The first-order chi connectivity index (χ1) is 17.8. The van der Waals surface area contributed by atoms with E-state index >= 15 is 0 Å². The fourth-order valence-corrected chi connectivity index (χ4v) is 5.45. The van der Waals surface area contributed by atoms with Crippen molar-refractivity contribution in [1.29, 1.82) is 0 Å². The van der Waals surface area contributed by atoms with Gasteiger partial charge in [-0.1, -0.05) is 59.6 Å². The Balaban J connectivity index is 2.03. The molecule has 7 nitrogen and oxygen atoms in total. The van der Waals surface area contributed by atoms with Crippen molar-refractivity contribution in [3.8, 4) is 0 Å². The Bertz CT molecular complexity index is 1380. The van der Waals surface area contributed by atoms with Gasteiger partial charge in [0, 0.05) is 22.1 Å². The molecule has 0 radical (unpaired) electrons. The molecule has 0 heterocycles. The number of anilines is 1. The quantitative estimate of drug-likeness (QED) is 0.364. The molecular weight excluding hydrogens is 545 g/mol. The lowest BCUT2D eigenvalue weighted by Gasteiger charge is -2.33. The first kappa shape index (κ1) is 29.5. The number of halogens is 2. The molecular formula is C28H31Cl2N3O4S. The van der Waals surface area contributed by atoms with Gasteiger partial charge in [-0.05, 0) is 75.7 Å². The lowest BCUT2D eigenvalue weighted by Crippen LogP contribution is -2.54. The van der Waals surface area contributed by atoms with E-state index in [1.54, 1.807) is 25.1 Å². The number of rotatable bonds is 9. The van der Waals surface area contributed by atoms with Crippen LogP contribution in [0.15, 0.2) is 83.8 Å². The minimum atomic E-state index is -4.20. The van der Waals surface area contributed by atoms with Crippen molar-refractivity contribution in [3.63, 3.8) is 0 Å². The number of hydrogen-bond donors (Lipinski definition) is 1. The fourth-order valence-electron chi connectivity index (χ4n) is 3.73. The number of nitrogens with zero attached hydrogens (tertiary/aromatic N) is 2. The van der Waals surface area contributed by atoms with Gasteiger partial charge in [0.05, 0.1) is 10.6 Å². The predicted molar refractivity (Wildman–Crippen MR) is 152 cm³/mol. The highest BCUT2D eigenvalue weighted by Crippen LogP contribution is 2.27. The standard InChI is InChI=1S/C28H31Cl2N3O4S/c1-20(27(35)31-28(2,3)4)32(18-21-9-6-5-7-10-21)26(34)19-33(24-12-8-11-23(30)17-24)38(36,37)25-15-13-22(29)14-16-25/h5-17,20H,18-19H2,1-4H3,(H,31,35)/t20-/m0/s1. The number of benzene rings is 3. The number of hydrogen-bond acceptors (Lipinski definition) is 4. The van der Waals surface area contributed by atoms with Gasteiger partial charge >= 0.3 is 0 Å². The second kappa shape index (κ2) is 12.2. The lowest BCUT2D eigenvalue weighted by atomic mass is 10.1. The molecule has 202 valence electrons. The molecule has 3 aromatic carbocycles. The molecule has 0 fully saturated rings. The van der Waals surface area contributed by atoms with E-state index in [2.05, 4.69) is 5.32 Å². The maximum Gasteiger partial charge on any atom is 0.264 e. The summed E-state index contributed by atoms with van der Waals surface area (Å²) in [5.41, 5.74) is 0.496. The third-order valence-electron chi connectivity index (χ3n) is 5.64. The van der Waals surface area contributed by atoms with Crippen molar-refractivity contribution in [3.05, 3.63) is 94.5 Å². The minimum Gasteiger partial charge on any atom is -0.350 e. The maximum atomic E-state index is 13.8. The summed E-state index contributed by atoms with van der Waals surface area (Å²) in [5.74, 6) is -0.903. The number of carbonyl (C=O) groups is 2. The Morgan fingerprint density at radius 1 is 0.895 bits per heavy atom. The van der Waals surface area contributed by atoms with Gasteiger partial charge < -0.3 is 10.2 Å². The fraction of sp³-hybridized carbons (Fsp3) is 0.286. The highest BCUT2D eigenvalue weighted by Gasteiger charge is 2.33. The van der Waals surface area contributed by atoms with Gasteiger partial charge in [0.2, 0.25) is 11.8 Å². The van der Waals surface area contributed by atoms with Crippen LogP contribution < -0.4 is 9.62 Å². The largest absolute Gasteiger partial charge is 0.350 e. The van der Waals surface area contributed by atoms with Gasteiger partial charge in [-0.3, -0.25) is 13.9 Å². The van der Waals surface area contributed by atoms with Gasteiger partial charge in [-0.25, -0.2) is 8.42 Å². The molecule has 10 heteroatoms. The SMILES string of the molecule is C[C@@H](C(=O)NC(C)(C)C)N(Cc1ccccc1)C(=O)CN(c1cccc(Cl)c1)S(=O)(=O)c1ccc(Cl)cc1. The van der Waals surface area contributed by atoms with Crippen LogP contribution in [0.3, 0.4) is 0 Å². The first-order valence-electron chi connectivity index (χ1n) is 12.0. The first-order valence-corrected chi connectivity index (χ1v) is 14.2. The van der Waals surface area contributed by atoms with E-state index in [4.69, 9.17) is 23.2 Å². The Labute approximate surface area is 234 Å². The van der Waals surface area contributed by atoms with E-state index in [0.29, 0.717) is 10.0 Å². The predicted octanol–water partition coefficient (Wildman–Crippen LogP) is 5.52. The van der Waals surface area contributed by atoms with Crippen LogP contribution in [0, 0.1) is 0 Å². The summed E-state index contributed by atoms with van der Waals surface area (Å²) in [7, 11) is -4.20. The Hall–Kier alpha value is -3.07. The molecule has 1 atom stereocenters. The van der Waals surface area contributed by atoms with Crippen molar-refractivity contribution in [2.24, 2.45) is 0 Å². The van der Waals surface area contributed by atoms with Gasteiger partial charge in [0.25, 0.3) is 10.0 Å². The van der Waals surface area contributed by atoms with Crippen molar-refractivity contribution in [2.45, 2.75) is 50.7 Å². The maximum absolute atomic E-state index is 13.8. The van der Waals surface area contributed by atoms with Crippen molar-refractivity contribution in [1.82, 2.24) is 10.2 Å². The zero-order valence-corrected chi connectivity index (χ0v) is 24.0. The number of amides is 2.